The van der Waals surface area contributed by atoms with Gasteiger partial charge in [0.2, 0.25) is 0 Å². The second-order valence-corrected chi connectivity index (χ2v) is 4.29. The summed E-state index contributed by atoms with van der Waals surface area (Å²) in [6, 6.07) is 4.39. The highest BCUT2D eigenvalue weighted by Crippen LogP contribution is 2.32. The lowest BCUT2D eigenvalue weighted by atomic mass is 9.96. The normalized spacial score (nSPS) is 17.2. The quantitative estimate of drug-likeness (QED) is 0.646. The van der Waals surface area contributed by atoms with Gasteiger partial charge in [-0.3, -0.25) is 5.84 Å². The van der Waals surface area contributed by atoms with E-state index in [0.717, 1.165) is 18.4 Å². The predicted octanol–water partition coefficient (Wildman–Crippen LogP) is 2.68. The van der Waals surface area contributed by atoms with Crippen molar-refractivity contribution in [1.82, 2.24) is 5.43 Å². The first-order valence-electron chi connectivity index (χ1n) is 5.44. The van der Waals surface area contributed by atoms with E-state index in [1.54, 1.807) is 18.4 Å². The van der Waals surface area contributed by atoms with Gasteiger partial charge in [0.1, 0.15) is 5.82 Å². The largest absolute Gasteiger partial charge is 0.501 e. The molecule has 3 nitrogen and oxygen atoms in total. The van der Waals surface area contributed by atoms with Gasteiger partial charge in [0, 0.05) is 0 Å². The highest BCUT2D eigenvalue weighted by Gasteiger charge is 2.21. The molecule has 1 aliphatic rings. The van der Waals surface area contributed by atoms with Crippen molar-refractivity contribution in [3.05, 3.63) is 46.4 Å². The number of hydrogen-bond donors (Lipinski definition) is 2. The first kappa shape index (κ1) is 12.4. The van der Waals surface area contributed by atoms with Gasteiger partial charge < -0.3 is 4.74 Å². The number of halogens is 2. The molecule has 0 radical (unpaired) electrons. The summed E-state index contributed by atoms with van der Waals surface area (Å²) in [5, 5.41) is 0.0990. The second-order valence-electron chi connectivity index (χ2n) is 3.91. The minimum atomic E-state index is -0.443. The lowest BCUT2D eigenvalue weighted by Crippen LogP contribution is -2.30. The van der Waals surface area contributed by atoms with Gasteiger partial charge in [-0.25, -0.2) is 9.82 Å². The summed E-state index contributed by atoms with van der Waals surface area (Å²) in [5.41, 5.74) is 4.27. The zero-order valence-electron chi connectivity index (χ0n) is 9.25. The molecule has 1 unspecified atom stereocenters. The molecule has 0 bridgehead atoms. The summed E-state index contributed by atoms with van der Waals surface area (Å²) in [7, 11) is 0. The number of rotatable bonds is 3. The third-order valence-corrected chi connectivity index (χ3v) is 3.19. The molecule has 17 heavy (non-hydrogen) atoms. The van der Waals surface area contributed by atoms with Crippen LogP contribution >= 0.6 is 11.6 Å². The molecule has 0 aromatic heterocycles. The molecule has 92 valence electrons. The van der Waals surface area contributed by atoms with Gasteiger partial charge in [0.05, 0.1) is 23.9 Å². The summed E-state index contributed by atoms with van der Waals surface area (Å²) < 4.78 is 18.7. The number of hydrogen-bond acceptors (Lipinski definition) is 3. The van der Waals surface area contributed by atoms with Crippen molar-refractivity contribution < 1.29 is 9.13 Å². The lowest BCUT2D eigenvalue weighted by molar-refractivity contribution is 0.219. The van der Waals surface area contributed by atoms with E-state index >= 15 is 0 Å². The maximum absolute atomic E-state index is 13.4. The third-order valence-electron chi connectivity index (χ3n) is 2.79. The van der Waals surface area contributed by atoms with Crippen molar-refractivity contribution in [2.24, 2.45) is 5.84 Å². The van der Waals surface area contributed by atoms with E-state index in [4.69, 9.17) is 22.2 Å². The molecule has 0 spiro atoms. The smallest absolute Gasteiger partial charge is 0.142 e. The van der Waals surface area contributed by atoms with Crippen LogP contribution in [-0.2, 0) is 4.74 Å². The average Bonchev–Trinajstić information content (AvgIpc) is 2.37. The van der Waals surface area contributed by atoms with Crippen LogP contribution in [-0.4, -0.2) is 6.61 Å². The molecule has 2 rings (SSSR count). The van der Waals surface area contributed by atoms with E-state index < -0.39 is 5.82 Å². The van der Waals surface area contributed by atoms with Crippen molar-refractivity contribution in [1.29, 1.82) is 0 Å². The minimum Gasteiger partial charge on any atom is -0.501 e. The van der Waals surface area contributed by atoms with Gasteiger partial charge in [-0.2, -0.15) is 0 Å². The number of nitrogens with two attached hydrogens (primary N) is 1. The first-order valence-corrected chi connectivity index (χ1v) is 5.82. The van der Waals surface area contributed by atoms with Crippen LogP contribution in [0, 0.1) is 5.82 Å². The number of nitrogens with one attached hydrogen (secondary N) is 1. The maximum atomic E-state index is 13.4. The monoisotopic (exact) mass is 256 g/mol. The van der Waals surface area contributed by atoms with Crippen LogP contribution < -0.4 is 11.3 Å². The SMILES string of the molecule is NNC(C1=COCCC1)c1cccc(F)c1Cl. The number of ether oxygens (including phenoxy) is 1. The van der Waals surface area contributed by atoms with E-state index in [2.05, 4.69) is 5.43 Å². The van der Waals surface area contributed by atoms with E-state index in [1.807, 2.05) is 0 Å². The minimum absolute atomic E-state index is 0.0990. The highest BCUT2D eigenvalue weighted by molar-refractivity contribution is 6.31. The maximum Gasteiger partial charge on any atom is 0.142 e. The average molecular weight is 257 g/mol. The van der Waals surface area contributed by atoms with E-state index in [1.165, 1.54) is 6.07 Å². The van der Waals surface area contributed by atoms with Crippen LogP contribution in [0.1, 0.15) is 24.4 Å². The Hall–Kier alpha value is -1.10. The second kappa shape index (κ2) is 5.49. The topological polar surface area (TPSA) is 47.3 Å². The van der Waals surface area contributed by atoms with Crippen LogP contribution in [0.3, 0.4) is 0 Å². The van der Waals surface area contributed by atoms with Crippen LogP contribution in [0.2, 0.25) is 5.02 Å². The molecule has 0 fully saturated rings. The Morgan fingerprint density at radius 2 is 2.29 bits per heavy atom. The molecule has 1 heterocycles. The summed E-state index contributed by atoms with van der Waals surface area (Å²) >= 11 is 5.95. The molecule has 3 N–H and O–H groups in total. The van der Waals surface area contributed by atoms with Crippen molar-refractivity contribution in [3.8, 4) is 0 Å². The molecule has 0 aliphatic carbocycles. The van der Waals surface area contributed by atoms with Crippen molar-refractivity contribution >= 4 is 11.6 Å². The van der Waals surface area contributed by atoms with Crippen molar-refractivity contribution in [2.75, 3.05) is 6.61 Å². The lowest BCUT2D eigenvalue weighted by Gasteiger charge is -2.23. The Morgan fingerprint density at radius 3 is 2.94 bits per heavy atom. The van der Waals surface area contributed by atoms with Crippen molar-refractivity contribution in [2.45, 2.75) is 18.9 Å². The first-order chi connectivity index (χ1) is 8.24. The fourth-order valence-electron chi connectivity index (χ4n) is 1.94. The zero-order valence-corrected chi connectivity index (χ0v) is 10.0. The third kappa shape index (κ3) is 2.60. The Labute approximate surface area is 104 Å². The molecule has 0 amide bonds. The van der Waals surface area contributed by atoms with Crippen LogP contribution in [0.4, 0.5) is 4.39 Å². The van der Waals surface area contributed by atoms with Gasteiger partial charge >= 0.3 is 0 Å². The summed E-state index contributed by atoms with van der Waals surface area (Å²) in [6.45, 7) is 0.706. The number of benzene rings is 1. The van der Waals surface area contributed by atoms with E-state index in [-0.39, 0.29) is 11.1 Å². The molecule has 5 heteroatoms. The molecule has 1 aromatic carbocycles. The Bertz CT molecular complexity index is 437. The molecule has 0 saturated carbocycles. The Balaban J connectivity index is 2.34. The van der Waals surface area contributed by atoms with Gasteiger partial charge in [0.25, 0.3) is 0 Å². The summed E-state index contributed by atoms with van der Waals surface area (Å²) in [4.78, 5) is 0. The van der Waals surface area contributed by atoms with Gasteiger partial charge in [-0.1, -0.05) is 23.7 Å². The molecule has 0 saturated heterocycles. The van der Waals surface area contributed by atoms with Crippen molar-refractivity contribution in [3.63, 3.8) is 0 Å². The Kier molecular flexibility index (Phi) is 3.99. The predicted molar refractivity (Wildman–Crippen MR) is 64.7 cm³/mol. The van der Waals surface area contributed by atoms with Crippen LogP contribution in [0.5, 0.6) is 0 Å². The van der Waals surface area contributed by atoms with Crippen LogP contribution in [0.25, 0.3) is 0 Å². The van der Waals surface area contributed by atoms with Gasteiger partial charge in [-0.05, 0) is 30.0 Å². The van der Waals surface area contributed by atoms with Gasteiger partial charge in [-0.15, -0.1) is 0 Å². The zero-order chi connectivity index (χ0) is 12.3. The fraction of sp³-hybridized carbons (Fsp3) is 0.333. The fourth-order valence-corrected chi connectivity index (χ4v) is 2.17. The molecule has 1 aromatic rings. The molecular formula is C12H14ClFN2O. The number of hydrazine groups is 1. The summed E-state index contributed by atoms with van der Waals surface area (Å²) in [5.74, 6) is 5.08. The standard InChI is InChI=1S/C12H14ClFN2O/c13-11-9(4-1-5-10(11)14)12(16-15)8-3-2-6-17-7-8/h1,4-5,7,12,16H,2-3,6,15H2. The van der Waals surface area contributed by atoms with Gasteiger partial charge in [0.15, 0.2) is 0 Å². The molecule has 1 atom stereocenters. The Morgan fingerprint density at radius 1 is 1.47 bits per heavy atom. The van der Waals surface area contributed by atoms with E-state index in [9.17, 15) is 4.39 Å². The molecule has 1 aliphatic heterocycles. The van der Waals surface area contributed by atoms with E-state index in [0.29, 0.717) is 12.2 Å². The summed E-state index contributed by atoms with van der Waals surface area (Å²) in [6.07, 6.45) is 3.47. The molecular weight excluding hydrogens is 243 g/mol. The highest BCUT2D eigenvalue weighted by atomic mass is 35.5. The van der Waals surface area contributed by atoms with Crippen LogP contribution in [0.15, 0.2) is 30.0 Å².